The van der Waals surface area contributed by atoms with Crippen LogP contribution in [0, 0.1) is 5.92 Å². The van der Waals surface area contributed by atoms with Gasteiger partial charge in [0.15, 0.2) is 0 Å². The molecule has 2 fully saturated rings. The minimum atomic E-state index is 0.375. The fraction of sp³-hybridized carbons (Fsp3) is 0.650. The van der Waals surface area contributed by atoms with Crippen LogP contribution >= 0.6 is 0 Å². The largest absolute Gasteiger partial charge is 0.490 e. The zero-order valence-corrected chi connectivity index (χ0v) is 14.7. The van der Waals surface area contributed by atoms with Crippen LogP contribution < -0.4 is 10.2 Å². The molecule has 1 saturated carbocycles. The number of hydrogen-bond donors (Lipinski definition) is 1. The number of hydrazone groups is 1. The molecule has 1 aromatic rings. The van der Waals surface area contributed by atoms with Crippen molar-refractivity contribution in [2.24, 2.45) is 11.0 Å². The maximum absolute atomic E-state index is 6.22. The van der Waals surface area contributed by atoms with E-state index >= 15 is 0 Å². The summed E-state index contributed by atoms with van der Waals surface area (Å²) in [5.41, 5.74) is 5.50. The molecule has 0 amide bonds. The number of nitrogens with zero attached hydrogens (tertiary/aromatic N) is 2. The zero-order valence-electron chi connectivity index (χ0n) is 14.7. The van der Waals surface area contributed by atoms with E-state index in [1.165, 1.54) is 43.6 Å². The summed E-state index contributed by atoms with van der Waals surface area (Å²) in [4.78, 5) is 2.67. The normalized spacial score (nSPS) is 26.4. The SMILES string of the molecule is CC1CCNN=C1c1ccc(OC2CCN(C3CCC3)CC2)cc1. The van der Waals surface area contributed by atoms with E-state index in [2.05, 4.69) is 46.6 Å². The van der Waals surface area contributed by atoms with Gasteiger partial charge < -0.3 is 15.1 Å². The highest BCUT2D eigenvalue weighted by Crippen LogP contribution is 2.28. The minimum absolute atomic E-state index is 0.375. The van der Waals surface area contributed by atoms with Gasteiger partial charge in [0.05, 0.1) is 5.71 Å². The molecule has 0 bridgehead atoms. The molecule has 0 radical (unpaired) electrons. The molecule has 4 rings (SSSR count). The Kier molecular flexibility index (Phi) is 4.74. The van der Waals surface area contributed by atoms with E-state index in [-0.39, 0.29) is 0 Å². The molecule has 1 saturated heterocycles. The van der Waals surface area contributed by atoms with Gasteiger partial charge in [-0.1, -0.05) is 13.3 Å². The lowest BCUT2D eigenvalue weighted by atomic mass is 9.90. The van der Waals surface area contributed by atoms with Crippen molar-refractivity contribution in [3.8, 4) is 5.75 Å². The summed E-state index contributed by atoms with van der Waals surface area (Å²) < 4.78 is 6.22. The van der Waals surface area contributed by atoms with Crippen LogP contribution in [0.25, 0.3) is 0 Å². The molecule has 4 nitrogen and oxygen atoms in total. The van der Waals surface area contributed by atoms with E-state index in [0.29, 0.717) is 12.0 Å². The van der Waals surface area contributed by atoms with Crippen LogP contribution in [0.1, 0.15) is 51.0 Å². The van der Waals surface area contributed by atoms with Crippen molar-refractivity contribution in [3.63, 3.8) is 0 Å². The average Bonchev–Trinajstić information content (AvgIpc) is 2.56. The molecular formula is C20H29N3O. The number of rotatable bonds is 4. The Balaban J connectivity index is 1.32. The van der Waals surface area contributed by atoms with Gasteiger partial charge in [0.25, 0.3) is 0 Å². The molecule has 2 aliphatic heterocycles. The molecular weight excluding hydrogens is 298 g/mol. The summed E-state index contributed by atoms with van der Waals surface area (Å²) in [7, 11) is 0. The lowest BCUT2D eigenvalue weighted by Crippen LogP contribution is -2.46. The molecule has 0 aromatic heterocycles. The first-order valence-electron chi connectivity index (χ1n) is 9.61. The molecule has 1 N–H and O–H groups in total. The van der Waals surface area contributed by atoms with Crippen molar-refractivity contribution in [1.29, 1.82) is 0 Å². The third kappa shape index (κ3) is 3.44. The monoisotopic (exact) mass is 327 g/mol. The Labute approximate surface area is 145 Å². The lowest BCUT2D eigenvalue weighted by Gasteiger charge is -2.41. The smallest absolute Gasteiger partial charge is 0.119 e. The Morgan fingerprint density at radius 1 is 1.04 bits per heavy atom. The van der Waals surface area contributed by atoms with Crippen LogP contribution in [-0.2, 0) is 0 Å². The topological polar surface area (TPSA) is 36.9 Å². The lowest BCUT2D eigenvalue weighted by molar-refractivity contribution is 0.0493. The molecule has 24 heavy (non-hydrogen) atoms. The van der Waals surface area contributed by atoms with Gasteiger partial charge in [-0.05, 0) is 61.9 Å². The van der Waals surface area contributed by atoms with Crippen molar-refractivity contribution < 1.29 is 4.74 Å². The second-order valence-corrected chi connectivity index (χ2v) is 7.56. The summed E-state index contributed by atoms with van der Waals surface area (Å²) >= 11 is 0. The molecule has 1 aromatic carbocycles. The zero-order chi connectivity index (χ0) is 16.4. The fourth-order valence-electron chi connectivity index (χ4n) is 4.03. The molecule has 1 atom stereocenters. The Morgan fingerprint density at radius 3 is 2.42 bits per heavy atom. The predicted molar refractivity (Wildman–Crippen MR) is 97.6 cm³/mol. The van der Waals surface area contributed by atoms with Gasteiger partial charge in [-0.15, -0.1) is 0 Å². The molecule has 3 aliphatic rings. The Bertz CT molecular complexity index is 571. The van der Waals surface area contributed by atoms with E-state index in [1.54, 1.807) is 0 Å². The second-order valence-electron chi connectivity index (χ2n) is 7.56. The van der Waals surface area contributed by atoms with Crippen molar-refractivity contribution in [2.75, 3.05) is 19.6 Å². The highest BCUT2D eigenvalue weighted by atomic mass is 16.5. The van der Waals surface area contributed by atoms with Gasteiger partial charge in [-0.25, -0.2) is 0 Å². The summed E-state index contributed by atoms with van der Waals surface area (Å²) in [6, 6.07) is 9.40. The van der Waals surface area contributed by atoms with Crippen LogP contribution in [0.4, 0.5) is 0 Å². The molecule has 4 heteroatoms. The minimum Gasteiger partial charge on any atom is -0.490 e. The average molecular weight is 327 g/mol. The summed E-state index contributed by atoms with van der Waals surface area (Å²) in [6.45, 7) is 5.63. The quantitative estimate of drug-likeness (QED) is 0.921. The van der Waals surface area contributed by atoms with E-state index in [0.717, 1.165) is 37.6 Å². The van der Waals surface area contributed by atoms with Crippen LogP contribution in [0.15, 0.2) is 29.4 Å². The van der Waals surface area contributed by atoms with Gasteiger partial charge in [0.1, 0.15) is 11.9 Å². The molecule has 0 spiro atoms. The van der Waals surface area contributed by atoms with Crippen LogP contribution in [0.5, 0.6) is 5.75 Å². The van der Waals surface area contributed by atoms with Crippen LogP contribution in [-0.4, -0.2) is 42.4 Å². The van der Waals surface area contributed by atoms with Crippen LogP contribution in [0.2, 0.25) is 0 Å². The van der Waals surface area contributed by atoms with Crippen molar-refractivity contribution in [2.45, 2.75) is 57.6 Å². The Morgan fingerprint density at radius 2 is 1.79 bits per heavy atom. The maximum atomic E-state index is 6.22. The van der Waals surface area contributed by atoms with E-state index in [4.69, 9.17) is 4.74 Å². The van der Waals surface area contributed by atoms with E-state index < -0.39 is 0 Å². The van der Waals surface area contributed by atoms with E-state index in [1.807, 2.05) is 0 Å². The summed E-state index contributed by atoms with van der Waals surface area (Å²) in [5, 5.41) is 4.48. The number of piperidine rings is 1. The number of likely N-dealkylation sites (tertiary alicyclic amines) is 1. The van der Waals surface area contributed by atoms with Crippen molar-refractivity contribution >= 4 is 5.71 Å². The van der Waals surface area contributed by atoms with E-state index in [9.17, 15) is 0 Å². The standard InChI is InChI=1S/C20H29N3O/c1-15-9-12-21-22-20(15)16-5-7-18(8-6-16)24-19-10-13-23(14-11-19)17-3-2-4-17/h5-8,15,17,19,21H,2-4,9-14H2,1H3. The molecule has 1 aliphatic carbocycles. The third-order valence-electron chi connectivity index (χ3n) is 5.88. The number of benzene rings is 1. The first kappa shape index (κ1) is 15.9. The second kappa shape index (κ2) is 7.14. The maximum Gasteiger partial charge on any atom is 0.119 e. The van der Waals surface area contributed by atoms with Crippen LogP contribution in [0.3, 0.4) is 0 Å². The van der Waals surface area contributed by atoms with Gasteiger partial charge in [0.2, 0.25) is 0 Å². The Hall–Kier alpha value is -1.55. The van der Waals surface area contributed by atoms with Crippen molar-refractivity contribution in [1.82, 2.24) is 10.3 Å². The first-order chi connectivity index (χ1) is 11.8. The summed E-state index contributed by atoms with van der Waals surface area (Å²) in [5.74, 6) is 1.52. The molecule has 1 unspecified atom stereocenters. The van der Waals surface area contributed by atoms with Gasteiger partial charge >= 0.3 is 0 Å². The predicted octanol–water partition coefficient (Wildman–Crippen LogP) is 3.42. The van der Waals surface area contributed by atoms with Gasteiger partial charge in [0, 0.05) is 31.6 Å². The highest BCUT2D eigenvalue weighted by molar-refractivity contribution is 6.02. The summed E-state index contributed by atoms with van der Waals surface area (Å²) in [6.07, 6.45) is 8.08. The fourth-order valence-corrected chi connectivity index (χ4v) is 4.03. The van der Waals surface area contributed by atoms with Gasteiger partial charge in [-0.3, -0.25) is 0 Å². The first-order valence-corrected chi connectivity index (χ1v) is 9.61. The number of ether oxygens (including phenoxy) is 1. The van der Waals surface area contributed by atoms with Gasteiger partial charge in [-0.2, -0.15) is 5.10 Å². The molecule has 130 valence electrons. The highest BCUT2D eigenvalue weighted by Gasteiger charge is 2.29. The number of nitrogens with one attached hydrogen (secondary N) is 1. The van der Waals surface area contributed by atoms with Crippen molar-refractivity contribution in [3.05, 3.63) is 29.8 Å². The molecule has 2 heterocycles. The third-order valence-corrected chi connectivity index (χ3v) is 5.88. The number of hydrogen-bond acceptors (Lipinski definition) is 4.